The van der Waals surface area contributed by atoms with E-state index in [2.05, 4.69) is 0 Å². The van der Waals surface area contributed by atoms with Crippen molar-refractivity contribution in [3.8, 4) is 11.5 Å². The van der Waals surface area contributed by atoms with Crippen LogP contribution in [-0.4, -0.2) is 58.3 Å². The zero-order valence-corrected chi connectivity index (χ0v) is 15.3. The summed E-state index contributed by atoms with van der Waals surface area (Å²) in [5.41, 5.74) is 0.528. The Morgan fingerprint density at radius 2 is 1.84 bits per heavy atom. The molecule has 1 fully saturated rings. The number of carbonyl (C=O) groups excluding carboxylic acids is 1. The van der Waals surface area contributed by atoms with Crippen LogP contribution in [0.15, 0.2) is 18.2 Å². The van der Waals surface area contributed by atoms with Gasteiger partial charge in [0.15, 0.2) is 11.5 Å². The third kappa shape index (κ3) is 4.36. The van der Waals surface area contributed by atoms with Gasteiger partial charge in [-0.25, -0.2) is 8.42 Å². The summed E-state index contributed by atoms with van der Waals surface area (Å²) in [6.07, 6.45) is 4.12. The van der Waals surface area contributed by atoms with Gasteiger partial charge >= 0.3 is 0 Å². The van der Waals surface area contributed by atoms with Gasteiger partial charge in [-0.15, -0.1) is 0 Å². The van der Waals surface area contributed by atoms with Crippen molar-refractivity contribution in [2.45, 2.75) is 25.7 Å². The molecular weight excluding hydrogens is 344 g/mol. The summed E-state index contributed by atoms with van der Waals surface area (Å²) in [4.78, 5) is 14.0. The summed E-state index contributed by atoms with van der Waals surface area (Å²) in [5.74, 6) is 1.27. The first-order valence-electron chi connectivity index (χ1n) is 8.60. The van der Waals surface area contributed by atoms with E-state index < -0.39 is 10.0 Å². The second kappa shape index (κ2) is 7.51. The molecule has 1 saturated heterocycles. The fourth-order valence-corrected chi connectivity index (χ4v) is 4.13. The summed E-state index contributed by atoms with van der Waals surface area (Å²) in [6.45, 7) is 2.83. The van der Waals surface area contributed by atoms with E-state index >= 15 is 0 Å². The highest BCUT2D eigenvalue weighted by Crippen LogP contribution is 2.34. The molecule has 1 aromatic carbocycles. The molecular formula is C17H24N2O5S. The SMILES string of the molecule is CS(=O)(=O)N(CCCC(=O)N1CCCC1)c1ccc2c(c1)OCCO2. The molecule has 0 radical (unpaired) electrons. The Hall–Kier alpha value is -1.96. The summed E-state index contributed by atoms with van der Waals surface area (Å²) in [6, 6.07) is 5.10. The number of benzene rings is 1. The molecule has 0 aromatic heterocycles. The predicted molar refractivity (Wildman–Crippen MR) is 94.7 cm³/mol. The third-order valence-corrected chi connectivity index (χ3v) is 5.62. The van der Waals surface area contributed by atoms with Crippen molar-refractivity contribution in [2.24, 2.45) is 0 Å². The molecule has 1 aromatic rings. The maximum absolute atomic E-state index is 12.2. The Bertz CT molecular complexity index is 729. The second-order valence-electron chi connectivity index (χ2n) is 6.35. The minimum atomic E-state index is -3.45. The zero-order chi connectivity index (χ0) is 17.9. The van der Waals surface area contributed by atoms with Crippen LogP contribution >= 0.6 is 0 Å². The van der Waals surface area contributed by atoms with Gasteiger partial charge in [-0.3, -0.25) is 9.10 Å². The molecule has 8 heteroatoms. The zero-order valence-electron chi connectivity index (χ0n) is 14.4. The van der Waals surface area contributed by atoms with Crippen molar-refractivity contribution in [3.05, 3.63) is 18.2 Å². The Morgan fingerprint density at radius 1 is 1.16 bits per heavy atom. The lowest BCUT2D eigenvalue weighted by Crippen LogP contribution is -2.33. The molecule has 2 aliphatic heterocycles. The largest absolute Gasteiger partial charge is 0.486 e. The number of amides is 1. The molecule has 25 heavy (non-hydrogen) atoms. The molecule has 3 rings (SSSR count). The van der Waals surface area contributed by atoms with E-state index in [0.717, 1.165) is 25.9 Å². The topological polar surface area (TPSA) is 76.2 Å². The molecule has 1 amide bonds. The lowest BCUT2D eigenvalue weighted by Gasteiger charge is -2.25. The normalized spacial score (nSPS) is 16.8. The van der Waals surface area contributed by atoms with Crippen LogP contribution in [0.25, 0.3) is 0 Å². The van der Waals surface area contributed by atoms with E-state index in [1.807, 2.05) is 4.90 Å². The van der Waals surface area contributed by atoms with Crippen LogP contribution in [0.1, 0.15) is 25.7 Å². The van der Waals surface area contributed by atoms with Gasteiger partial charge < -0.3 is 14.4 Å². The minimum Gasteiger partial charge on any atom is -0.486 e. The standard InChI is InChI=1S/C17H24N2O5S/c1-25(21,22)19(10-4-5-17(20)18-8-2-3-9-18)14-6-7-15-16(13-14)24-12-11-23-15/h6-7,13H,2-5,8-12H2,1H3. The van der Waals surface area contributed by atoms with E-state index in [0.29, 0.717) is 43.2 Å². The number of rotatable bonds is 6. The maximum Gasteiger partial charge on any atom is 0.232 e. The first-order chi connectivity index (χ1) is 11.9. The lowest BCUT2D eigenvalue weighted by molar-refractivity contribution is -0.130. The summed E-state index contributed by atoms with van der Waals surface area (Å²) in [5, 5.41) is 0. The van der Waals surface area contributed by atoms with Gasteiger partial charge in [0.1, 0.15) is 13.2 Å². The van der Waals surface area contributed by atoms with Crippen LogP contribution in [0.2, 0.25) is 0 Å². The van der Waals surface area contributed by atoms with Gasteiger partial charge in [0.25, 0.3) is 0 Å². The number of hydrogen-bond acceptors (Lipinski definition) is 5. The summed E-state index contributed by atoms with van der Waals surface area (Å²) < 4.78 is 36.7. The van der Waals surface area contributed by atoms with E-state index in [9.17, 15) is 13.2 Å². The molecule has 0 atom stereocenters. The van der Waals surface area contributed by atoms with Gasteiger partial charge in [-0.05, 0) is 31.4 Å². The van der Waals surface area contributed by atoms with Crippen molar-refractivity contribution < 1.29 is 22.7 Å². The first kappa shape index (κ1) is 17.8. The van der Waals surface area contributed by atoms with Crippen molar-refractivity contribution in [1.82, 2.24) is 4.90 Å². The van der Waals surface area contributed by atoms with Crippen molar-refractivity contribution in [2.75, 3.05) is 43.4 Å². The number of carbonyl (C=O) groups is 1. The van der Waals surface area contributed by atoms with E-state index in [1.165, 1.54) is 10.6 Å². The monoisotopic (exact) mass is 368 g/mol. The van der Waals surface area contributed by atoms with E-state index in [4.69, 9.17) is 9.47 Å². The lowest BCUT2D eigenvalue weighted by atomic mass is 10.2. The summed E-state index contributed by atoms with van der Waals surface area (Å²) in [7, 11) is -3.45. The number of fused-ring (bicyclic) bond motifs is 1. The molecule has 0 aliphatic carbocycles. The third-order valence-electron chi connectivity index (χ3n) is 4.42. The van der Waals surface area contributed by atoms with Crippen LogP contribution in [0.5, 0.6) is 11.5 Å². The summed E-state index contributed by atoms with van der Waals surface area (Å²) >= 11 is 0. The number of ether oxygens (including phenoxy) is 2. The van der Waals surface area contributed by atoms with Crippen molar-refractivity contribution >= 4 is 21.6 Å². The van der Waals surface area contributed by atoms with Crippen LogP contribution in [0.3, 0.4) is 0 Å². The van der Waals surface area contributed by atoms with E-state index in [-0.39, 0.29) is 12.5 Å². The number of hydrogen-bond donors (Lipinski definition) is 0. The van der Waals surface area contributed by atoms with Crippen molar-refractivity contribution in [1.29, 1.82) is 0 Å². The molecule has 0 unspecified atom stereocenters. The highest BCUT2D eigenvalue weighted by atomic mass is 32.2. The molecule has 138 valence electrons. The molecule has 7 nitrogen and oxygen atoms in total. The van der Waals surface area contributed by atoms with Gasteiger partial charge in [0.2, 0.25) is 15.9 Å². The fraction of sp³-hybridized carbons (Fsp3) is 0.588. The number of anilines is 1. The Morgan fingerprint density at radius 3 is 2.52 bits per heavy atom. The van der Waals surface area contributed by atoms with Gasteiger partial charge in [-0.2, -0.15) is 0 Å². The highest BCUT2D eigenvalue weighted by molar-refractivity contribution is 7.92. The Labute approximate surface area is 148 Å². The van der Waals surface area contributed by atoms with Gasteiger partial charge in [0, 0.05) is 32.1 Å². The molecule has 2 aliphatic rings. The molecule has 2 heterocycles. The van der Waals surface area contributed by atoms with Crippen LogP contribution < -0.4 is 13.8 Å². The maximum atomic E-state index is 12.2. The number of nitrogens with zero attached hydrogens (tertiary/aromatic N) is 2. The molecule has 0 spiro atoms. The van der Waals surface area contributed by atoms with Crippen molar-refractivity contribution in [3.63, 3.8) is 0 Å². The van der Waals surface area contributed by atoms with Crippen LogP contribution in [-0.2, 0) is 14.8 Å². The first-order valence-corrected chi connectivity index (χ1v) is 10.4. The predicted octanol–water partition coefficient (Wildman–Crippen LogP) is 1.63. The number of sulfonamides is 1. The van der Waals surface area contributed by atoms with Crippen LogP contribution in [0, 0.1) is 0 Å². The highest BCUT2D eigenvalue weighted by Gasteiger charge is 2.22. The fourth-order valence-electron chi connectivity index (χ4n) is 3.17. The number of likely N-dealkylation sites (tertiary alicyclic amines) is 1. The van der Waals surface area contributed by atoms with Crippen LogP contribution in [0.4, 0.5) is 5.69 Å². The second-order valence-corrected chi connectivity index (χ2v) is 8.26. The average Bonchev–Trinajstić information content (AvgIpc) is 3.12. The Balaban J connectivity index is 1.67. The quantitative estimate of drug-likeness (QED) is 0.763. The molecule has 0 N–H and O–H groups in total. The van der Waals surface area contributed by atoms with Gasteiger partial charge in [0.05, 0.1) is 11.9 Å². The molecule has 0 saturated carbocycles. The Kier molecular flexibility index (Phi) is 5.36. The van der Waals surface area contributed by atoms with E-state index in [1.54, 1.807) is 18.2 Å². The average molecular weight is 368 g/mol. The van der Waals surface area contributed by atoms with Gasteiger partial charge in [-0.1, -0.05) is 0 Å². The molecule has 0 bridgehead atoms. The minimum absolute atomic E-state index is 0.105. The smallest absolute Gasteiger partial charge is 0.232 e.